The van der Waals surface area contributed by atoms with Crippen molar-refractivity contribution >= 4 is 22.7 Å². The Hall–Kier alpha value is -4.60. The molecule has 1 atom stereocenters. The molecule has 0 unspecified atom stereocenters. The topological polar surface area (TPSA) is 116 Å². The number of piperidine rings is 1. The van der Waals surface area contributed by atoms with Crippen LogP contribution in [0.5, 0.6) is 11.6 Å². The lowest BCUT2D eigenvalue weighted by Gasteiger charge is -2.32. The number of benzene rings is 2. The average molecular weight is 573 g/mol. The predicted molar refractivity (Wildman–Crippen MR) is 149 cm³/mol. The normalized spacial score (nSPS) is 17.5. The second-order valence-electron chi connectivity index (χ2n) is 10.3. The third kappa shape index (κ3) is 6.17. The fourth-order valence-corrected chi connectivity index (χ4v) is 5.15. The van der Waals surface area contributed by atoms with Crippen LogP contribution < -0.4 is 9.47 Å². The molecule has 4 heterocycles. The first-order valence-electron chi connectivity index (χ1n) is 13.8. The van der Waals surface area contributed by atoms with Crippen LogP contribution in [0.2, 0.25) is 0 Å². The second kappa shape index (κ2) is 12.1. The first kappa shape index (κ1) is 27.6. The Morgan fingerprint density at radius 2 is 1.98 bits per heavy atom. The van der Waals surface area contributed by atoms with Gasteiger partial charge in [-0.1, -0.05) is 6.07 Å². The molecule has 42 heavy (non-hydrogen) atoms. The minimum atomic E-state index is -0.961. The average Bonchev–Trinajstić information content (AvgIpc) is 3.31. The van der Waals surface area contributed by atoms with Crippen molar-refractivity contribution in [2.75, 3.05) is 19.7 Å². The molecule has 11 nitrogen and oxygen atoms in total. The Labute approximate surface area is 241 Å². The van der Waals surface area contributed by atoms with Crippen molar-refractivity contribution in [1.29, 1.82) is 0 Å². The number of aromatic carboxylic acids is 1. The number of carboxylic acids is 1. The van der Waals surface area contributed by atoms with Crippen LogP contribution in [0.3, 0.4) is 0 Å². The highest BCUT2D eigenvalue weighted by atomic mass is 19.1. The smallest absolute Gasteiger partial charge is 0.335 e. The van der Waals surface area contributed by atoms with E-state index in [2.05, 4.69) is 24.3 Å². The monoisotopic (exact) mass is 572 g/mol. The van der Waals surface area contributed by atoms with Crippen molar-refractivity contribution in [3.63, 3.8) is 0 Å². The number of halogens is 1. The molecule has 0 aliphatic carbocycles. The highest BCUT2D eigenvalue weighted by molar-refractivity contribution is 5.92. The molecular formula is C30H29FN6O5. The molecule has 0 spiro atoms. The second-order valence-corrected chi connectivity index (χ2v) is 10.3. The molecule has 2 aromatic carbocycles. The van der Waals surface area contributed by atoms with Gasteiger partial charge in [0.15, 0.2) is 23.1 Å². The maximum atomic E-state index is 14.1. The Kier molecular flexibility index (Phi) is 7.94. The molecule has 1 N–H and O–H groups in total. The van der Waals surface area contributed by atoms with E-state index in [9.17, 15) is 14.3 Å². The van der Waals surface area contributed by atoms with Crippen molar-refractivity contribution in [3.8, 4) is 11.6 Å². The lowest BCUT2D eigenvalue weighted by atomic mass is 10.1. The summed E-state index contributed by atoms with van der Waals surface area (Å²) in [6.45, 7) is 10.6. The number of fused-ring (bicyclic) bond motifs is 1. The Bertz CT molecular complexity index is 1640. The van der Waals surface area contributed by atoms with Gasteiger partial charge in [0, 0.05) is 32.0 Å². The van der Waals surface area contributed by atoms with Gasteiger partial charge < -0.3 is 23.9 Å². The van der Waals surface area contributed by atoms with Crippen LogP contribution >= 0.6 is 0 Å². The zero-order chi connectivity index (χ0) is 29.1. The van der Waals surface area contributed by atoms with Gasteiger partial charge in [-0.3, -0.25) is 4.90 Å². The summed E-state index contributed by atoms with van der Waals surface area (Å²) >= 11 is 0. The van der Waals surface area contributed by atoms with E-state index in [1.165, 1.54) is 12.1 Å². The molecule has 6 rings (SSSR count). The van der Waals surface area contributed by atoms with Gasteiger partial charge in [-0.25, -0.2) is 24.0 Å². The fourth-order valence-electron chi connectivity index (χ4n) is 5.15. The molecule has 2 aromatic heterocycles. The van der Waals surface area contributed by atoms with Crippen LogP contribution in [0.1, 0.15) is 41.3 Å². The standard InChI is InChI=1S/C30H29FN6O5/c1-32-20-3-5-26(23(31)15-20)41-18-27-33-10-6-29(35-27)42-21-7-11-36(12-8-21)17-28-34-24-4-2-19(30(38)39)14-25(24)37(28)16-22-9-13-40-22/h2-6,10,14-15,21-22H,7-9,11-13,16-18H2,(H,38,39)/t22-/m0/s1. The summed E-state index contributed by atoms with van der Waals surface area (Å²) in [5.41, 5.74) is 2.03. The Balaban J connectivity index is 1.06. The van der Waals surface area contributed by atoms with E-state index in [-0.39, 0.29) is 35.8 Å². The lowest BCUT2D eigenvalue weighted by Crippen LogP contribution is -2.39. The third-order valence-electron chi connectivity index (χ3n) is 7.52. The van der Waals surface area contributed by atoms with Gasteiger partial charge in [-0.2, -0.15) is 4.98 Å². The SMILES string of the molecule is [C-]#[N+]c1ccc(OCc2nccc(OC3CCN(Cc4nc5ccc(C(=O)O)cc5n4C[C@@H]4CCO4)CC3)n2)c(F)c1. The van der Waals surface area contributed by atoms with E-state index >= 15 is 0 Å². The van der Waals surface area contributed by atoms with E-state index in [4.69, 9.17) is 25.8 Å². The van der Waals surface area contributed by atoms with E-state index in [1.54, 1.807) is 30.5 Å². The van der Waals surface area contributed by atoms with Crippen LogP contribution in [0.15, 0.2) is 48.7 Å². The number of aromatic nitrogens is 4. The number of imidazole rings is 1. The zero-order valence-electron chi connectivity index (χ0n) is 22.8. The molecule has 4 aromatic rings. The molecule has 2 aliphatic rings. The van der Waals surface area contributed by atoms with Gasteiger partial charge >= 0.3 is 5.97 Å². The minimum absolute atomic E-state index is 0.0242. The highest BCUT2D eigenvalue weighted by Crippen LogP contribution is 2.26. The molecule has 12 heteroatoms. The van der Waals surface area contributed by atoms with Crippen molar-refractivity contribution in [3.05, 3.63) is 83.1 Å². The number of hydrogen-bond donors (Lipinski definition) is 1. The number of carbonyl (C=O) groups is 1. The van der Waals surface area contributed by atoms with Crippen molar-refractivity contribution in [2.24, 2.45) is 0 Å². The van der Waals surface area contributed by atoms with Crippen molar-refractivity contribution < 1.29 is 28.5 Å². The first-order valence-corrected chi connectivity index (χ1v) is 13.8. The fraction of sp³-hybridized carbons (Fsp3) is 0.367. The summed E-state index contributed by atoms with van der Waals surface area (Å²) < 4.78 is 33.6. The number of rotatable bonds is 10. The van der Waals surface area contributed by atoms with E-state index in [0.29, 0.717) is 24.8 Å². The summed E-state index contributed by atoms with van der Waals surface area (Å²) in [4.78, 5) is 30.5. The van der Waals surface area contributed by atoms with Gasteiger partial charge in [-0.05, 0) is 49.6 Å². The molecule has 216 valence electrons. The number of carboxylic acid groups (broad SMARTS) is 1. The molecule has 0 bridgehead atoms. The van der Waals surface area contributed by atoms with E-state index in [0.717, 1.165) is 61.9 Å². The van der Waals surface area contributed by atoms with Crippen molar-refractivity contribution in [1.82, 2.24) is 24.4 Å². The van der Waals surface area contributed by atoms with Gasteiger partial charge in [-0.15, -0.1) is 0 Å². The Morgan fingerprint density at radius 3 is 2.69 bits per heavy atom. The summed E-state index contributed by atoms with van der Waals surface area (Å²) in [6.07, 6.45) is 4.24. The van der Waals surface area contributed by atoms with Gasteiger partial charge in [0.25, 0.3) is 0 Å². The first-order chi connectivity index (χ1) is 20.4. The van der Waals surface area contributed by atoms with Crippen LogP contribution in [0.25, 0.3) is 15.9 Å². The summed E-state index contributed by atoms with van der Waals surface area (Å²) in [7, 11) is 0. The minimum Gasteiger partial charge on any atom is -0.483 e. The molecule has 2 saturated heterocycles. The van der Waals surface area contributed by atoms with Crippen LogP contribution in [-0.2, 0) is 24.4 Å². The highest BCUT2D eigenvalue weighted by Gasteiger charge is 2.26. The van der Waals surface area contributed by atoms with E-state index in [1.807, 2.05) is 0 Å². The zero-order valence-corrected chi connectivity index (χ0v) is 22.8. The Morgan fingerprint density at radius 1 is 1.14 bits per heavy atom. The van der Waals surface area contributed by atoms with Crippen LogP contribution in [0, 0.1) is 12.4 Å². The quantitative estimate of drug-likeness (QED) is 0.272. The number of nitrogens with zero attached hydrogens (tertiary/aromatic N) is 6. The maximum Gasteiger partial charge on any atom is 0.335 e. The number of likely N-dealkylation sites (tertiary alicyclic amines) is 1. The molecule has 2 aliphatic heterocycles. The summed E-state index contributed by atoms with van der Waals surface area (Å²) in [6, 6.07) is 10.8. The molecule has 2 fully saturated rings. The largest absolute Gasteiger partial charge is 0.483 e. The summed E-state index contributed by atoms with van der Waals surface area (Å²) in [5.74, 6) is 0.141. The number of ether oxygens (including phenoxy) is 3. The maximum absolute atomic E-state index is 14.1. The number of hydrogen-bond acceptors (Lipinski definition) is 8. The molecule has 0 radical (unpaired) electrons. The van der Waals surface area contributed by atoms with E-state index < -0.39 is 11.8 Å². The van der Waals surface area contributed by atoms with Gasteiger partial charge in [0.2, 0.25) is 5.88 Å². The summed E-state index contributed by atoms with van der Waals surface area (Å²) in [5, 5.41) is 9.48. The van der Waals surface area contributed by atoms with Gasteiger partial charge in [0.1, 0.15) is 18.5 Å². The van der Waals surface area contributed by atoms with Crippen molar-refractivity contribution in [2.45, 2.75) is 51.2 Å². The third-order valence-corrected chi connectivity index (χ3v) is 7.52. The predicted octanol–water partition coefficient (Wildman–Crippen LogP) is 4.63. The van der Waals surface area contributed by atoms with Crippen LogP contribution in [-0.4, -0.2) is 67.4 Å². The lowest BCUT2D eigenvalue weighted by molar-refractivity contribution is -0.0592. The molecule has 0 saturated carbocycles. The molecule has 0 amide bonds. The van der Waals surface area contributed by atoms with Gasteiger partial charge in [0.05, 0.1) is 42.4 Å². The molecular weight excluding hydrogens is 543 g/mol. The van der Waals surface area contributed by atoms with Crippen LogP contribution in [0.4, 0.5) is 10.1 Å².